The number of nitro groups is 1. The second kappa shape index (κ2) is 5.07. The van der Waals surface area contributed by atoms with Crippen molar-refractivity contribution in [3.05, 3.63) is 39.4 Å². The third-order valence-corrected chi connectivity index (χ3v) is 2.54. The van der Waals surface area contributed by atoms with E-state index in [1.54, 1.807) is 12.1 Å². The van der Waals surface area contributed by atoms with E-state index < -0.39 is 4.92 Å². The summed E-state index contributed by atoms with van der Waals surface area (Å²) in [5.41, 5.74) is 0.883. The van der Waals surface area contributed by atoms with Crippen molar-refractivity contribution in [3.8, 4) is 0 Å². The lowest BCUT2D eigenvalue weighted by molar-refractivity contribution is -0.385. The molecule has 0 aromatic heterocycles. The Kier molecular flexibility index (Phi) is 4.01. The van der Waals surface area contributed by atoms with E-state index in [0.717, 1.165) is 0 Å². The van der Waals surface area contributed by atoms with Crippen LogP contribution in [0.25, 0.3) is 0 Å². The lowest BCUT2D eigenvalue weighted by Crippen LogP contribution is -2.04. The van der Waals surface area contributed by atoms with Gasteiger partial charge in [0.1, 0.15) is 0 Å². The number of Topliss-reactive ketones (excluding diaryl/α,β-unsaturated/α-hetero) is 1. The van der Waals surface area contributed by atoms with Gasteiger partial charge in [0.05, 0.1) is 10.8 Å². The quantitative estimate of drug-likeness (QED) is 0.352. The van der Waals surface area contributed by atoms with Crippen LogP contribution in [0.1, 0.15) is 35.7 Å². The molecule has 0 amide bonds. The van der Waals surface area contributed by atoms with Crippen molar-refractivity contribution in [1.82, 2.24) is 0 Å². The van der Waals surface area contributed by atoms with Crippen LogP contribution >= 0.6 is 11.6 Å². The van der Waals surface area contributed by atoms with E-state index in [2.05, 4.69) is 0 Å². The molecule has 0 unspecified atom stereocenters. The van der Waals surface area contributed by atoms with Crippen molar-refractivity contribution in [1.29, 1.82) is 0 Å². The van der Waals surface area contributed by atoms with Crippen LogP contribution in [0.4, 0.5) is 5.69 Å². The first-order valence-electron chi connectivity index (χ1n) is 4.85. The highest BCUT2D eigenvalue weighted by molar-refractivity contribution is 6.30. The SMILES string of the molecule is CC(C)c1ccc(C(=O)CCl)cc1[N+](=O)[O-]. The Hall–Kier alpha value is -1.42. The third kappa shape index (κ3) is 2.58. The molecule has 0 saturated heterocycles. The monoisotopic (exact) mass is 241 g/mol. The highest BCUT2D eigenvalue weighted by Gasteiger charge is 2.18. The van der Waals surface area contributed by atoms with Crippen LogP contribution in [-0.2, 0) is 0 Å². The van der Waals surface area contributed by atoms with Gasteiger partial charge < -0.3 is 0 Å². The molecule has 0 aliphatic heterocycles. The van der Waals surface area contributed by atoms with E-state index >= 15 is 0 Å². The van der Waals surface area contributed by atoms with Crippen molar-refractivity contribution in [3.63, 3.8) is 0 Å². The largest absolute Gasteiger partial charge is 0.293 e. The third-order valence-electron chi connectivity index (χ3n) is 2.29. The van der Waals surface area contributed by atoms with Gasteiger partial charge in [-0.1, -0.05) is 26.0 Å². The van der Waals surface area contributed by atoms with Crippen LogP contribution in [0.15, 0.2) is 18.2 Å². The minimum Gasteiger partial charge on any atom is -0.293 e. The number of benzene rings is 1. The van der Waals surface area contributed by atoms with Crippen molar-refractivity contribution in [2.75, 3.05) is 5.88 Å². The molecule has 16 heavy (non-hydrogen) atoms. The molecule has 0 atom stereocenters. The van der Waals surface area contributed by atoms with Gasteiger partial charge in [-0.05, 0) is 5.92 Å². The molecule has 5 heteroatoms. The summed E-state index contributed by atoms with van der Waals surface area (Å²) >= 11 is 5.40. The van der Waals surface area contributed by atoms with Crippen molar-refractivity contribution in [2.45, 2.75) is 19.8 Å². The summed E-state index contributed by atoms with van der Waals surface area (Å²) in [7, 11) is 0. The number of carbonyl (C=O) groups is 1. The van der Waals surface area contributed by atoms with Crippen molar-refractivity contribution < 1.29 is 9.72 Å². The number of carbonyl (C=O) groups excluding carboxylic acids is 1. The molecule has 0 aliphatic carbocycles. The smallest absolute Gasteiger partial charge is 0.273 e. The Labute approximate surface area is 98.4 Å². The highest BCUT2D eigenvalue weighted by Crippen LogP contribution is 2.27. The maximum Gasteiger partial charge on any atom is 0.273 e. The lowest BCUT2D eigenvalue weighted by atomic mass is 9.98. The number of nitro benzene ring substituents is 1. The highest BCUT2D eigenvalue weighted by atomic mass is 35.5. The Bertz CT molecular complexity index is 429. The lowest BCUT2D eigenvalue weighted by Gasteiger charge is -2.07. The summed E-state index contributed by atoms with van der Waals surface area (Å²) in [6.07, 6.45) is 0. The summed E-state index contributed by atoms with van der Waals surface area (Å²) in [4.78, 5) is 21.7. The zero-order chi connectivity index (χ0) is 12.3. The second-order valence-electron chi connectivity index (χ2n) is 3.74. The molecule has 86 valence electrons. The summed E-state index contributed by atoms with van der Waals surface area (Å²) in [6.45, 7) is 3.73. The first-order chi connectivity index (χ1) is 7.47. The number of halogens is 1. The maximum atomic E-state index is 11.3. The molecule has 0 bridgehead atoms. The molecule has 1 rings (SSSR count). The minimum absolute atomic E-state index is 0.0223. The van der Waals surface area contributed by atoms with E-state index in [1.807, 2.05) is 13.8 Å². The van der Waals surface area contributed by atoms with Crippen molar-refractivity contribution >= 4 is 23.1 Å². The molecule has 1 aromatic rings. The van der Waals surface area contributed by atoms with Gasteiger partial charge in [0.25, 0.3) is 5.69 Å². The summed E-state index contributed by atoms with van der Waals surface area (Å²) < 4.78 is 0. The standard InChI is InChI=1S/C11H12ClNO3/c1-7(2)9-4-3-8(11(14)6-12)5-10(9)13(15)16/h3-5,7H,6H2,1-2H3. The Morgan fingerprint density at radius 3 is 2.56 bits per heavy atom. The molecule has 0 spiro atoms. The van der Waals surface area contributed by atoms with Gasteiger partial charge in [0, 0.05) is 17.2 Å². The molecule has 1 aromatic carbocycles. The second-order valence-corrected chi connectivity index (χ2v) is 4.01. The molecular formula is C11H12ClNO3. The van der Waals surface area contributed by atoms with Gasteiger partial charge in [-0.15, -0.1) is 11.6 Å². The van der Waals surface area contributed by atoms with Gasteiger partial charge in [-0.25, -0.2) is 0 Å². The molecule has 0 aliphatic rings. The topological polar surface area (TPSA) is 60.2 Å². The zero-order valence-electron chi connectivity index (χ0n) is 9.07. The minimum atomic E-state index is -0.472. The van der Waals surface area contributed by atoms with Crippen LogP contribution in [-0.4, -0.2) is 16.6 Å². The van der Waals surface area contributed by atoms with Gasteiger partial charge in [-0.2, -0.15) is 0 Å². The number of hydrogen-bond acceptors (Lipinski definition) is 3. The predicted molar refractivity (Wildman–Crippen MR) is 62.2 cm³/mol. The fraction of sp³-hybridized carbons (Fsp3) is 0.364. The first kappa shape index (κ1) is 12.6. The van der Waals surface area contributed by atoms with Crippen LogP contribution < -0.4 is 0 Å². The number of ketones is 1. The van der Waals surface area contributed by atoms with Crippen LogP contribution in [0.3, 0.4) is 0 Å². The Balaban J connectivity index is 3.28. The Morgan fingerprint density at radius 2 is 2.12 bits per heavy atom. The molecule has 0 N–H and O–H groups in total. The molecule has 4 nitrogen and oxygen atoms in total. The average Bonchev–Trinajstić information content (AvgIpc) is 2.26. The van der Waals surface area contributed by atoms with E-state index in [-0.39, 0.29) is 28.8 Å². The molecule has 0 fully saturated rings. The molecular weight excluding hydrogens is 230 g/mol. The van der Waals surface area contributed by atoms with E-state index in [0.29, 0.717) is 5.56 Å². The summed E-state index contributed by atoms with van der Waals surface area (Å²) in [6, 6.07) is 4.48. The number of nitrogens with zero attached hydrogens (tertiary/aromatic N) is 1. The maximum absolute atomic E-state index is 11.3. The number of alkyl halides is 1. The Morgan fingerprint density at radius 1 is 1.50 bits per heavy atom. The first-order valence-corrected chi connectivity index (χ1v) is 5.38. The van der Waals surface area contributed by atoms with E-state index in [9.17, 15) is 14.9 Å². The van der Waals surface area contributed by atoms with E-state index in [1.165, 1.54) is 6.07 Å². The summed E-state index contributed by atoms with van der Waals surface area (Å²) in [5.74, 6) is -0.432. The molecule has 0 heterocycles. The predicted octanol–water partition coefficient (Wildman–Crippen LogP) is 3.14. The van der Waals surface area contributed by atoms with Gasteiger partial charge >= 0.3 is 0 Å². The fourth-order valence-electron chi connectivity index (χ4n) is 1.44. The fourth-order valence-corrected chi connectivity index (χ4v) is 1.59. The van der Waals surface area contributed by atoms with Crippen LogP contribution in [0, 0.1) is 10.1 Å². The average molecular weight is 242 g/mol. The van der Waals surface area contributed by atoms with Gasteiger partial charge in [0.15, 0.2) is 5.78 Å². The van der Waals surface area contributed by atoms with E-state index in [4.69, 9.17) is 11.6 Å². The molecule has 0 radical (unpaired) electrons. The summed E-state index contributed by atoms with van der Waals surface area (Å²) in [5, 5.41) is 10.9. The number of rotatable bonds is 4. The number of hydrogen-bond donors (Lipinski definition) is 0. The van der Waals surface area contributed by atoms with Gasteiger partial charge in [0.2, 0.25) is 0 Å². The van der Waals surface area contributed by atoms with Crippen molar-refractivity contribution in [2.24, 2.45) is 0 Å². The van der Waals surface area contributed by atoms with Crippen LogP contribution in [0.2, 0.25) is 0 Å². The van der Waals surface area contributed by atoms with Gasteiger partial charge in [-0.3, -0.25) is 14.9 Å². The molecule has 0 saturated carbocycles. The van der Waals surface area contributed by atoms with Crippen LogP contribution in [0.5, 0.6) is 0 Å². The zero-order valence-corrected chi connectivity index (χ0v) is 9.82. The normalized spacial score (nSPS) is 10.5.